The predicted molar refractivity (Wildman–Crippen MR) is 105 cm³/mol. The van der Waals surface area contributed by atoms with Crippen LogP contribution in [0.15, 0.2) is 66.7 Å². The molecule has 0 saturated carbocycles. The molecule has 0 bridgehead atoms. The van der Waals surface area contributed by atoms with Crippen molar-refractivity contribution in [1.82, 2.24) is 0 Å². The van der Waals surface area contributed by atoms with Gasteiger partial charge in [-0.15, -0.1) is 11.6 Å². The zero-order valence-corrected chi connectivity index (χ0v) is 15.4. The molecule has 26 heavy (non-hydrogen) atoms. The fraction of sp³-hybridized carbons (Fsp3) is 0.227. The van der Waals surface area contributed by atoms with Crippen molar-refractivity contribution < 1.29 is 14.6 Å². The van der Waals surface area contributed by atoms with E-state index in [1.54, 1.807) is 6.07 Å². The average molecular weight is 369 g/mol. The van der Waals surface area contributed by atoms with Crippen LogP contribution >= 0.6 is 11.6 Å². The molecule has 3 aromatic carbocycles. The lowest BCUT2D eigenvalue weighted by Crippen LogP contribution is -2.36. The minimum Gasteiger partial charge on any atom is -0.460 e. The summed E-state index contributed by atoms with van der Waals surface area (Å²) in [5.74, 6) is -0.441. The molecule has 0 aliphatic rings. The largest absolute Gasteiger partial charge is 0.460 e. The number of hydrogen-bond acceptors (Lipinski definition) is 3. The van der Waals surface area contributed by atoms with Crippen molar-refractivity contribution in [2.75, 3.05) is 13.2 Å². The molecular weight excluding hydrogens is 348 g/mol. The first kappa shape index (κ1) is 18.4. The molecule has 0 radical (unpaired) electrons. The van der Waals surface area contributed by atoms with Gasteiger partial charge in [0.15, 0.2) is 0 Å². The Morgan fingerprint density at radius 1 is 1.04 bits per heavy atom. The van der Waals surface area contributed by atoms with Crippen molar-refractivity contribution in [3.63, 3.8) is 0 Å². The standard InChI is InChI=1S/C22H21ClO3/c1-16-9-11-17(12-10-16)13-22(23,14-24)15-26-21(25)20-8-4-6-18-5-2-3-7-19(18)20/h2-12,24H,13-15H2,1H3/t22-/m1/s1. The number of rotatable bonds is 6. The zero-order valence-electron chi connectivity index (χ0n) is 14.6. The minimum absolute atomic E-state index is 0.0685. The highest BCUT2D eigenvalue weighted by Gasteiger charge is 2.29. The van der Waals surface area contributed by atoms with Gasteiger partial charge in [0.1, 0.15) is 11.5 Å². The first-order chi connectivity index (χ1) is 12.5. The van der Waals surface area contributed by atoms with Gasteiger partial charge < -0.3 is 9.84 Å². The van der Waals surface area contributed by atoms with E-state index in [2.05, 4.69) is 0 Å². The summed E-state index contributed by atoms with van der Waals surface area (Å²) < 4.78 is 5.46. The van der Waals surface area contributed by atoms with Crippen LogP contribution in [0.4, 0.5) is 0 Å². The first-order valence-electron chi connectivity index (χ1n) is 8.51. The quantitative estimate of drug-likeness (QED) is 0.514. The number of ether oxygens (including phenoxy) is 1. The molecule has 3 aromatic rings. The summed E-state index contributed by atoms with van der Waals surface area (Å²) in [7, 11) is 0. The Morgan fingerprint density at radius 2 is 1.73 bits per heavy atom. The van der Waals surface area contributed by atoms with E-state index in [1.165, 1.54) is 0 Å². The van der Waals surface area contributed by atoms with E-state index in [1.807, 2.05) is 67.6 Å². The van der Waals surface area contributed by atoms with Crippen LogP contribution in [0.25, 0.3) is 10.8 Å². The second-order valence-corrected chi connectivity index (χ2v) is 7.38. The number of carbonyl (C=O) groups excluding carboxylic acids is 1. The van der Waals surface area contributed by atoms with E-state index < -0.39 is 10.8 Å². The number of esters is 1. The molecule has 0 aromatic heterocycles. The molecular formula is C22H21ClO3. The number of benzene rings is 3. The van der Waals surface area contributed by atoms with Crippen molar-refractivity contribution in [2.24, 2.45) is 0 Å². The lowest BCUT2D eigenvalue weighted by molar-refractivity contribution is 0.0421. The molecule has 3 rings (SSSR count). The van der Waals surface area contributed by atoms with E-state index in [4.69, 9.17) is 16.3 Å². The SMILES string of the molecule is Cc1ccc(C[C@@](Cl)(CO)COC(=O)c2cccc3ccccc23)cc1. The maximum atomic E-state index is 12.6. The van der Waals surface area contributed by atoms with Crippen LogP contribution in [-0.4, -0.2) is 29.2 Å². The molecule has 0 amide bonds. The molecule has 4 heteroatoms. The summed E-state index contributed by atoms with van der Waals surface area (Å²) in [6, 6.07) is 21.1. The number of alkyl halides is 1. The van der Waals surface area contributed by atoms with Gasteiger partial charge in [-0.1, -0.05) is 66.2 Å². The second kappa shape index (κ2) is 7.90. The Kier molecular flexibility index (Phi) is 5.60. The molecule has 0 unspecified atom stereocenters. The van der Waals surface area contributed by atoms with Gasteiger partial charge in [-0.3, -0.25) is 0 Å². The van der Waals surface area contributed by atoms with Crippen LogP contribution < -0.4 is 0 Å². The van der Waals surface area contributed by atoms with Crippen LogP contribution in [0.3, 0.4) is 0 Å². The molecule has 134 valence electrons. The van der Waals surface area contributed by atoms with Gasteiger partial charge in [0.05, 0.1) is 12.2 Å². The average Bonchev–Trinajstić information content (AvgIpc) is 2.67. The number of carbonyl (C=O) groups is 1. The van der Waals surface area contributed by atoms with Crippen LogP contribution in [-0.2, 0) is 11.2 Å². The van der Waals surface area contributed by atoms with Crippen LogP contribution in [0.1, 0.15) is 21.5 Å². The Hall–Kier alpha value is -2.36. The van der Waals surface area contributed by atoms with Crippen LogP contribution in [0, 0.1) is 6.92 Å². The third-order valence-corrected chi connectivity index (χ3v) is 4.76. The maximum Gasteiger partial charge on any atom is 0.338 e. The first-order valence-corrected chi connectivity index (χ1v) is 8.89. The number of aryl methyl sites for hydroxylation is 1. The summed E-state index contributed by atoms with van der Waals surface area (Å²) in [4.78, 5) is 11.5. The summed E-state index contributed by atoms with van der Waals surface area (Å²) in [5, 5.41) is 11.5. The van der Waals surface area contributed by atoms with Crippen molar-refractivity contribution >= 4 is 28.3 Å². The topological polar surface area (TPSA) is 46.5 Å². The fourth-order valence-electron chi connectivity index (χ4n) is 2.90. The highest BCUT2D eigenvalue weighted by atomic mass is 35.5. The van der Waals surface area contributed by atoms with Gasteiger partial charge in [0.25, 0.3) is 0 Å². The van der Waals surface area contributed by atoms with E-state index in [-0.39, 0.29) is 13.2 Å². The van der Waals surface area contributed by atoms with Gasteiger partial charge in [-0.2, -0.15) is 0 Å². The number of fused-ring (bicyclic) bond motifs is 1. The molecule has 0 heterocycles. The molecule has 0 aliphatic carbocycles. The van der Waals surface area contributed by atoms with Gasteiger partial charge >= 0.3 is 5.97 Å². The van der Waals surface area contributed by atoms with E-state index in [0.717, 1.165) is 21.9 Å². The van der Waals surface area contributed by atoms with Gasteiger partial charge in [-0.25, -0.2) is 4.79 Å². The van der Waals surface area contributed by atoms with Gasteiger partial charge in [-0.05, 0) is 35.7 Å². The van der Waals surface area contributed by atoms with E-state index in [0.29, 0.717) is 12.0 Å². The zero-order chi connectivity index (χ0) is 18.6. The summed E-state index contributed by atoms with van der Waals surface area (Å²) in [6.45, 7) is 1.65. The highest BCUT2D eigenvalue weighted by Crippen LogP contribution is 2.24. The highest BCUT2D eigenvalue weighted by molar-refractivity contribution is 6.24. The number of halogens is 1. The summed E-state index contributed by atoms with van der Waals surface area (Å²) in [5.41, 5.74) is 2.64. The maximum absolute atomic E-state index is 12.6. The van der Waals surface area contributed by atoms with Crippen molar-refractivity contribution in [1.29, 1.82) is 0 Å². The Labute approximate surface area is 158 Å². The predicted octanol–water partition coefficient (Wildman–Crippen LogP) is 4.52. The second-order valence-electron chi connectivity index (χ2n) is 6.57. The van der Waals surface area contributed by atoms with Crippen molar-refractivity contribution in [3.05, 3.63) is 83.4 Å². The molecule has 1 atom stereocenters. The monoisotopic (exact) mass is 368 g/mol. The Morgan fingerprint density at radius 3 is 2.46 bits per heavy atom. The molecule has 0 spiro atoms. The lowest BCUT2D eigenvalue weighted by atomic mass is 9.99. The van der Waals surface area contributed by atoms with E-state index in [9.17, 15) is 9.90 Å². The normalized spacial score (nSPS) is 13.3. The Balaban J connectivity index is 1.73. The summed E-state index contributed by atoms with van der Waals surface area (Å²) in [6.07, 6.45) is 0.411. The molecule has 3 nitrogen and oxygen atoms in total. The smallest absolute Gasteiger partial charge is 0.338 e. The summed E-state index contributed by atoms with van der Waals surface area (Å²) >= 11 is 6.52. The number of hydrogen-bond donors (Lipinski definition) is 1. The third kappa shape index (κ3) is 4.24. The molecule has 1 N–H and O–H groups in total. The van der Waals surface area contributed by atoms with Gasteiger partial charge in [0.2, 0.25) is 0 Å². The molecule has 0 fully saturated rings. The minimum atomic E-state index is -1.05. The lowest BCUT2D eigenvalue weighted by Gasteiger charge is -2.24. The van der Waals surface area contributed by atoms with Crippen molar-refractivity contribution in [2.45, 2.75) is 18.2 Å². The van der Waals surface area contributed by atoms with Crippen molar-refractivity contribution in [3.8, 4) is 0 Å². The molecule has 0 aliphatic heterocycles. The number of aliphatic hydroxyl groups excluding tert-OH is 1. The molecule has 0 saturated heterocycles. The van der Waals surface area contributed by atoms with Gasteiger partial charge in [0, 0.05) is 0 Å². The number of aliphatic hydroxyl groups is 1. The third-order valence-electron chi connectivity index (χ3n) is 4.40. The van der Waals surface area contributed by atoms with Crippen LogP contribution in [0.2, 0.25) is 0 Å². The Bertz CT molecular complexity index is 899. The van der Waals surface area contributed by atoms with E-state index >= 15 is 0 Å². The van der Waals surface area contributed by atoms with Crippen LogP contribution in [0.5, 0.6) is 0 Å². The fourth-order valence-corrected chi connectivity index (χ4v) is 3.11.